The van der Waals surface area contributed by atoms with E-state index in [9.17, 15) is 5.11 Å². The predicted octanol–water partition coefficient (Wildman–Crippen LogP) is 10.1. The number of aliphatic hydroxyl groups is 1. The third-order valence-electron chi connectivity index (χ3n) is 6.67. The van der Waals surface area contributed by atoms with Gasteiger partial charge in [0.1, 0.15) is 6.10 Å². The summed E-state index contributed by atoms with van der Waals surface area (Å²) in [6.45, 7) is 0. The van der Waals surface area contributed by atoms with Crippen LogP contribution in [0.2, 0.25) is 0 Å². The molecule has 0 aromatic heterocycles. The van der Waals surface area contributed by atoms with Gasteiger partial charge in [-0.15, -0.1) is 24.7 Å². The zero-order valence-corrected chi connectivity index (χ0v) is 23.5. The van der Waals surface area contributed by atoms with Gasteiger partial charge in [-0.25, -0.2) is 0 Å². The van der Waals surface area contributed by atoms with Gasteiger partial charge in [-0.1, -0.05) is 127 Å². The molecule has 1 nitrogen and oxygen atoms in total. The normalized spacial score (nSPS) is 11.9. The second kappa shape index (κ2) is 31.2. The van der Waals surface area contributed by atoms with E-state index in [1.54, 1.807) is 6.08 Å². The van der Waals surface area contributed by atoms with E-state index in [-0.39, 0.29) is 0 Å². The van der Waals surface area contributed by atoms with Crippen molar-refractivity contribution in [1.82, 2.24) is 0 Å². The molecule has 0 saturated heterocycles. The Morgan fingerprint density at radius 1 is 0.500 bits per heavy atom. The number of rotatable bonds is 25. The molecular weight excluding hydrogens is 436 g/mol. The average Bonchev–Trinajstić information content (AvgIpc) is 2.89. The van der Waals surface area contributed by atoms with Crippen molar-refractivity contribution >= 4 is 0 Å². The summed E-state index contributed by atoms with van der Waals surface area (Å²) in [5.74, 6) is 11.6. The first-order valence-electron chi connectivity index (χ1n) is 15.2. The zero-order chi connectivity index (χ0) is 26.2. The second-order valence-corrected chi connectivity index (χ2v) is 10.1. The highest BCUT2D eigenvalue weighted by molar-refractivity contribution is 5.08. The van der Waals surface area contributed by atoms with Gasteiger partial charge in [-0.3, -0.25) is 0 Å². The lowest BCUT2D eigenvalue weighted by molar-refractivity contribution is 0.280. The van der Waals surface area contributed by atoms with Gasteiger partial charge in [0.25, 0.3) is 0 Å². The molecule has 0 bridgehead atoms. The first-order chi connectivity index (χ1) is 17.8. The van der Waals surface area contributed by atoms with Crippen molar-refractivity contribution in [2.24, 2.45) is 0 Å². The summed E-state index contributed by atoms with van der Waals surface area (Å²) in [7, 11) is 0. The molecule has 0 amide bonds. The molecule has 202 valence electrons. The van der Waals surface area contributed by atoms with Crippen molar-refractivity contribution in [2.45, 2.75) is 160 Å². The van der Waals surface area contributed by atoms with Crippen LogP contribution < -0.4 is 0 Å². The first kappa shape index (κ1) is 34.1. The minimum Gasteiger partial charge on any atom is -0.377 e. The molecule has 1 atom stereocenters. The third kappa shape index (κ3) is 30.2. The van der Waals surface area contributed by atoms with E-state index >= 15 is 0 Å². The molecule has 0 unspecified atom stereocenters. The highest BCUT2D eigenvalue weighted by Crippen LogP contribution is 2.14. The molecular formula is C35H56O. The molecule has 0 rings (SSSR count). The van der Waals surface area contributed by atoms with E-state index in [0.29, 0.717) is 0 Å². The van der Waals surface area contributed by atoms with Gasteiger partial charge in [0.15, 0.2) is 0 Å². The fourth-order valence-corrected chi connectivity index (χ4v) is 4.39. The topological polar surface area (TPSA) is 20.2 Å². The van der Waals surface area contributed by atoms with E-state index in [1.807, 2.05) is 12.2 Å². The third-order valence-corrected chi connectivity index (χ3v) is 6.67. The Labute approximate surface area is 226 Å². The highest BCUT2D eigenvalue weighted by atomic mass is 16.3. The molecule has 0 fully saturated rings. The number of hydrogen-bond donors (Lipinski definition) is 1. The minimum atomic E-state index is -0.720. The van der Waals surface area contributed by atoms with Crippen molar-refractivity contribution in [3.05, 3.63) is 24.3 Å². The van der Waals surface area contributed by atoms with Gasteiger partial charge in [0.2, 0.25) is 0 Å². The van der Waals surface area contributed by atoms with Gasteiger partial charge in [-0.2, -0.15) is 0 Å². The van der Waals surface area contributed by atoms with Crippen LogP contribution in [0.5, 0.6) is 0 Å². The smallest absolute Gasteiger partial charge is 0.133 e. The fourth-order valence-electron chi connectivity index (χ4n) is 4.39. The first-order valence-corrected chi connectivity index (χ1v) is 15.2. The van der Waals surface area contributed by atoms with E-state index < -0.39 is 6.10 Å². The van der Waals surface area contributed by atoms with Crippen molar-refractivity contribution in [3.63, 3.8) is 0 Å². The molecule has 1 heteroatoms. The van der Waals surface area contributed by atoms with E-state index in [2.05, 4.69) is 29.8 Å². The van der Waals surface area contributed by atoms with Crippen molar-refractivity contribution in [1.29, 1.82) is 0 Å². The molecule has 0 radical (unpaired) electrons. The van der Waals surface area contributed by atoms with Crippen LogP contribution in [0.1, 0.15) is 154 Å². The lowest BCUT2D eigenvalue weighted by Gasteiger charge is -2.02. The van der Waals surface area contributed by atoms with Crippen molar-refractivity contribution < 1.29 is 5.11 Å². The van der Waals surface area contributed by atoms with Crippen LogP contribution >= 0.6 is 0 Å². The maximum atomic E-state index is 9.23. The van der Waals surface area contributed by atoms with Gasteiger partial charge in [0, 0.05) is 12.8 Å². The number of unbranched alkanes of at least 4 members (excludes halogenated alkanes) is 22. The number of hydrogen-bond acceptors (Lipinski definition) is 1. The maximum absolute atomic E-state index is 9.23. The maximum Gasteiger partial charge on any atom is 0.133 e. The Morgan fingerprint density at radius 2 is 0.861 bits per heavy atom. The molecule has 0 aromatic carbocycles. The monoisotopic (exact) mass is 492 g/mol. The number of aliphatic hydroxyl groups excluding tert-OH is 1. The molecule has 0 aromatic rings. The lowest BCUT2D eigenvalue weighted by Crippen LogP contribution is -1.95. The van der Waals surface area contributed by atoms with Crippen LogP contribution in [0, 0.1) is 36.5 Å². The summed E-state index contributed by atoms with van der Waals surface area (Å²) >= 11 is 0. The quantitative estimate of drug-likeness (QED) is 0.0763. The van der Waals surface area contributed by atoms with E-state index in [0.717, 1.165) is 25.7 Å². The molecule has 0 spiro atoms. The van der Waals surface area contributed by atoms with Crippen molar-refractivity contribution in [2.75, 3.05) is 0 Å². The molecule has 36 heavy (non-hydrogen) atoms. The summed E-state index contributed by atoms with van der Waals surface area (Å²) in [6.07, 6.45) is 48.5. The summed E-state index contributed by atoms with van der Waals surface area (Å²) in [6, 6.07) is 0. The van der Waals surface area contributed by atoms with Crippen LogP contribution in [-0.4, -0.2) is 11.2 Å². The molecule has 1 N–H and O–H groups in total. The molecule has 0 aliphatic heterocycles. The Kier molecular flexibility index (Phi) is 29.5. The Balaban J connectivity index is 3.17. The van der Waals surface area contributed by atoms with Crippen LogP contribution in [0.25, 0.3) is 0 Å². The van der Waals surface area contributed by atoms with Crippen LogP contribution in [-0.2, 0) is 0 Å². The largest absolute Gasteiger partial charge is 0.377 e. The molecule has 0 aliphatic carbocycles. The van der Waals surface area contributed by atoms with Gasteiger partial charge < -0.3 is 5.11 Å². The van der Waals surface area contributed by atoms with Gasteiger partial charge in [0.05, 0.1) is 0 Å². The van der Waals surface area contributed by atoms with Crippen LogP contribution in [0.15, 0.2) is 24.3 Å². The Hall–Kier alpha value is -1.88. The second-order valence-electron chi connectivity index (χ2n) is 10.1. The minimum absolute atomic E-state index is 0.720. The van der Waals surface area contributed by atoms with Crippen LogP contribution in [0.4, 0.5) is 0 Å². The highest BCUT2D eigenvalue weighted by Gasteiger charge is 1.95. The molecule has 0 heterocycles. The zero-order valence-electron chi connectivity index (χ0n) is 23.5. The number of terminal acetylenes is 2. The van der Waals surface area contributed by atoms with Crippen molar-refractivity contribution in [3.8, 4) is 36.5 Å². The number of allylic oxidation sites excluding steroid dienone is 3. The lowest BCUT2D eigenvalue weighted by atomic mass is 10.0. The van der Waals surface area contributed by atoms with E-state index in [4.69, 9.17) is 12.8 Å². The fraction of sp³-hybridized carbons (Fsp3) is 0.714. The standard InChI is InChI=1S/C35H56O/c1-3-5-6-7-8-9-10-11-12-13-14-15-16-17-18-19-20-21-22-23-24-25-26-27-28-29-30-31-32-33-34-35(36)4-2/h1-2,5-6,33-36H,7-21,24-32H2/b6-5-,34-33+/t35-/m0/s1. The van der Waals surface area contributed by atoms with Gasteiger partial charge in [-0.05, 0) is 50.7 Å². The summed E-state index contributed by atoms with van der Waals surface area (Å²) in [5.41, 5.74) is 0. The van der Waals surface area contributed by atoms with Crippen LogP contribution in [0.3, 0.4) is 0 Å². The SMILES string of the molecule is C#C/C=C\CCCCCCCCCCCCCCCC#CCCCCCCCCC/C=C/[C@@H](O)C#C. The van der Waals surface area contributed by atoms with Gasteiger partial charge >= 0.3 is 0 Å². The Bertz CT molecular complexity index is 645. The average molecular weight is 493 g/mol. The predicted molar refractivity (Wildman–Crippen MR) is 161 cm³/mol. The molecule has 0 aliphatic rings. The summed E-state index contributed by atoms with van der Waals surface area (Å²) < 4.78 is 0. The summed E-state index contributed by atoms with van der Waals surface area (Å²) in [5, 5.41) is 9.23. The summed E-state index contributed by atoms with van der Waals surface area (Å²) in [4.78, 5) is 0. The Morgan fingerprint density at radius 3 is 1.25 bits per heavy atom. The molecule has 0 saturated carbocycles. The van der Waals surface area contributed by atoms with E-state index in [1.165, 1.54) is 128 Å².